The van der Waals surface area contributed by atoms with Gasteiger partial charge in [0.25, 0.3) is 0 Å². The minimum absolute atomic E-state index is 1.04. The van der Waals surface area contributed by atoms with Gasteiger partial charge in [-0.1, -0.05) is 19.8 Å². The van der Waals surface area contributed by atoms with E-state index in [-0.39, 0.29) is 0 Å². The maximum Gasteiger partial charge on any atom is 0.114 e. The molecule has 1 radical (unpaired) electrons. The molecule has 1 aromatic rings. The zero-order valence-corrected chi connectivity index (χ0v) is 7.36. The largest absolute Gasteiger partial charge is 0.350 e. The van der Waals surface area contributed by atoms with E-state index >= 15 is 0 Å². The number of nitrogens with zero attached hydrogens (tertiary/aromatic N) is 1. The summed E-state index contributed by atoms with van der Waals surface area (Å²) in [6.45, 7) is 3.79. The third-order valence-electron chi connectivity index (χ3n) is 1.37. The van der Waals surface area contributed by atoms with Gasteiger partial charge in [-0.15, -0.1) is 11.8 Å². The van der Waals surface area contributed by atoms with Crippen LogP contribution in [0.25, 0.3) is 0 Å². The fourth-order valence-electron chi connectivity index (χ4n) is 0.781. The highest BCUT2D eigenvalue weighted by Crippen LogP contribution is 2.15. The molecule has 61 valence electrons. The predicted molar refractivity (Wildman–Crippen MR) is 48.5 cm³/mol. The number of unbranched alkanes of at least 4 members (excludes halogenated alkanes) is 2. The number of aromatic amines is 1. The van der Waals surface area contributed by atoms with Crippen molar-refractivity contribution in [2.75, 3.05) is 5.75 Å². The molecule has 1 aromatic heterocycles. The van der Waals surface area contributed by atoms with Gasteiger partial charge in [0.2, 0.25) is 0 Å². The van der Waals surface area contributed by atoms with Crippen LogP contribution in [0.1, 0.15) is 19.3 Å². The van der Waals surface area contributed by atoms with Gasteiger partial charge in [-0.3, -0.25) is 0 Å². The maximum atomic E-state index is 4.11. The fourth-order valence-corrected chi connectivity index (χ4v) is 1.62. The predicted octanol–water partition coefficient (Wildman–Crippen LogP) is 2.51. The lowest BCUT2D eigenvalue weighted by atomic mass is 10.3. The summed E-state index contributed by atoms with van der Waals surface area (Å²) < 4.78 is 0. The summed E-state index contributed by atoms with van der Waals surface area (Å²) in [6.07, 6.45) is 7.14. The average molecular weight is 169 g/mol. The van der Waals surface area contributed by atoms with E-state index in [1.54, 1.807) is 18.1 Å². The average Bonchev–Trinajstić information content (AvgIpc) is 2.50. The second-order valence-electron chi connectivity index (χ2n) is 2.32. The highest BCUT2D eigenvalue weighted by atomic mass is 32.2. The van der Waals surface area contributed by atoms with Crippen LogP contribution in [0.3, 0.4) is 0 Å². The van der Waals surface area contributed by atoms with Gasteiger partial charge < -0.3 is 4.98 Å². The van der Waals surface area contributed by atoms with Gasteiger partial charge in [0.1, 0.15) is 5.03 Å². The smallest absolute Gasteiger partial charge is 0.114 e. The highest BCUT2D eigenvalue weighted by molar-refractivity contribution is 7.99. The van der Waals surface area contributed by atoms with Crippen LogP contribution in [-0.2, 0) is 0 Å². The van der Waals surface area contributed by atoms with E-state index in [4.69, 9.17) is 0 Å². The first-order chi connectivity index (χ1) is 5.43. The van der Waals surface area contributed by atoms with Crippen molar-refractivity contribution in [1.29, 1.82) is 0 Å². The Morgan fingerprint density at radius 2 is 2.45 bits per heavy atom. The van der Waals surface area contributed by atoms with E-state index in [1.165, 1.54) is 12.8 Å². The zero-order valence-electron chi connectivity index (χ0n) is 6.55. The summed E-state index contributed by atoms with van der Waals surface area (Å²) in [5.41, 5.74) is 0. The molecule has 0 spiro atoms. The van der Waals surface area contributed by atoms with Crippen molar-refractivity contribution in [2.45, 2.75) is 24.3 Å². The summed E-state index contributed by atoms with van der Waals surface area (Å²) in [6, 6.07) is 0. The molecule has 0 fully saturated rings. The number of H-pyrrole nitrogens is 1. The third kappa shape index (κ3) is 3.46. The summed E-state index contributed by atoms with van der Waals surface area (Å²) in [5, 5.41) is 1.09. The molecule has 2 nitrogen and oxygen atoms in total. The normalized spacial score (nSPS) is 10.3. The second-order valence-corrected chi connectivity index (χ2v) is 3.43. The molecule has 0 bridgehead atoms. The molecule has 3 heteroatoms. The van der Waals surface area contributed by atoms with E-state index < -0.39 is 0 Å². The highest BCUT2D eigenvalue weighted by Gasteiger charge is 1.93. The molecule has 0 aromatic carbocycles. The Bertz CT molecular complexity index is 172. The summed E-state index contributed by atoms with van der Waals surface area (Å²) >= 11 is 1.80. The molecular weight excluding hydrogens is 156 g/mol. The summed E-state index contributed by atoms with van der Waals surface area (Å²) in [5.74, 6) is 1.15. The van der Waals surface area contributed by atoms with Crippen molar-refractivity contribution in [1.82, 2.24) is 9.97 Å². The zero-order chi connectivity index (χ0) is 7.94. The number of thioether (sulfide) groups is 1. The molecule has 0 aliphatic rings. The Kier molecular flexibility index (Phi) is 4.12. The lowest BCUT2D eigenvalue weighted by Gasteiger charge is -1.94. The van der Waals surface area contributed by atoms with Crippen LogP contribution in [0.5, 0.6) is 0 Å². The monoisotopic (exact) mass is 169 g/mol. The van der Waals surface area contributed by atoms with Crippen LogP contribution < -0.4 is 0 Å². The van der Waals surface area contributed by atoms with E-state index in [2.05, 4.69) is 16.9 Å². The summed E-state index contributed by atoms with van der Waals surface area (Å²) in [4.78, 5) is 7.03. The quantitative estimate of drug-likeness (QED) is 0.542. The molecule has 0 aliphatic carbocycles. The molecule has 0 atom stereocenters. The maximum absolute atomic E-state index is 4.11. The minimum Gasteiger partial charge on any atom is -0.350 e. The first-order valence-electron chi connectivity index (χ1n) is 3.84. The van der Waals surface area contributed by atoms with Crippen LogP contribution >= 0.6 is 11.8 Å². The van der Waals surface area contributed by atoms with Gasteiger partial charge in [0, 0.05) is 6.20 Å². The Labute approximate surface area is 71.8 Å². The fraction of sp³-hybridized carbons (Fsp3) is 0.500. The molecule has 0 saturated heterocycles. The SMILES string of the molecule is [CH2]CCCCSc1c[nH]cn1. The first kappa shape index (κ1) is 8.65. The number of hydrogen-bond acceptors (Lipinski definition) is 2. The van der Waals surface area contributed by atoms with Crippen LogP contribution in [0.2, 0.25) is 0 Å². The van der Waals surface area contributed by atoms with Gasteiger partial charge in [-0.2, -0.15) is 0 Å². The Hall–Kier alpha value is -0.440. The number of imidazole rings is 1. The molecule has 0 aliphatic heterocycles. The minimum atomic E-state index is 1.04. The number of hydrogen-bond donors (Lipinski definition) is 1. The Morgan fingerprint density at radius 1 is 1.55 bits per heavy atom. The van der Waals surface area contributed by atoms with Gasteiger partial charge in [-0.25, -0.2) is 4.98 Å². The third-order valence-corrected chi connectivity index (χ3v) is 2.38. The van der Waals surface area contributed by atoms with Crippen LogP contribution in [0.15, 0.2) is 17.6 Å². The van der Waals surface area contributed by atoms with Crippen LogP contribution in [0.4, 0.5) is 0 Å². The molecule has 1 rings (SSSR count). The van der Waals surface area contributed by atoms with Gasteiger partial charge in [0.05, 0.1) is 6.33 Å². The molecular formula is C8H13N2S. The number of rotatable bonds is 5. The van der Waals surface area contributed by atoms with Gasteiger partial charge in [0.15, 0.2) is 0 Å². The molecule has 1 heterocycles. The lowest BCUT2D eigenvalue weighted by Crippen LogP contribution is -1.79. The van der Waals surface area contributed by atoms with Crippen molar-refractivity contribution in [3.8, 4) is 0 Å². The topological polar surface area (TPSA) is 28.7 Å². The lowest BCUT2D eigenvalue weighted by molar-refractivity contribution is 0.820. The summed E-state index contributed by atoms with van der Waals surface area (Å²) in [7, 11) is 0. The van der Waals surface area contributed by atoms with Crippen LogP contribution in [0, 0.1) is 6.92 Å². The number of nitrogens with one attached hydrogen (secondary N) is 1. The van der Waals surface area contributed by atoms with Crippen LogP contribution in [-0.4, -0.2) is 15.7 Å². The molecule has 0 unspecified atom stereocenters. The van der Waals surface area contributed by atoms with E-state index in [0.717, 1.165) is 17.2 Å². The van der Waals surface area contributed by atoms with Crippen molar-refractivity contribution in [3.63, 3.8) is 0 Å². The number of aromatic nitrogens is 2. The van der Waals surface area contributed by atoms with E-state index in [0.29, 0.717) is 0 Å². The standard InChI is InChI=1S/C8H13N2S/c1-2-3-4-5-11-8-6-9-7-10-8/h6-7H,1-5H2,(H,9,10). The van der Waals surface area contributed by atoms with Gasteiger partial charge >= 0.3 is 0 Å². The molecule has 0 saturated carbocycles. The van der Waals surface area contributed by atoms with Crippen molar-refractivity contribution in [3.05, 3.63) is 19.4 Å². The Morgan fingerprint density at radius 3 is 3.09 bits per heavy atom. The molecule has 1 N–H and O–H groups in total. The van der Waals surface area contributed by atoms with E-state index in [1.807, 2.05) is 6.20 Å². The van der Waals surface area contributed by atoms with Gasteiger partial charge in [-0.05, 0) is 12.2 Å². The Balaban J connectivity index is 2.04. The van der Waals surface area contributed by atoms with Crippen molar-refractivity contribution in [2.24, 2.45) is 0 Å². The first-order valence-corrected chi connectivity index (χ1v) is 4.83. The second kappa shape index (κ2) is 5.24. The van der Waals surface area contributed by atoms with Crippen molar-refractivity contribution < 1.29 is 0 Å². The molecule has 11 heavy (non-hydrogen) atoms. The van der Waals surface area contributed by atoms with Crippen molar-refractivity contribution >= 4 is 11.8 Å². The molecule has 0 amide bonds. The van der Waals surface area contributed by atoms with E-state index in [9.17, 15) is 0 Å².